The Bertz CT molecular complexity index is 2040. The van der Waals surface area contributed by atoms with Crippen molar-refractivity contribution < 1.29 is 51.0 Å². The molecule has 3 fully saturated rings. The summed E-state index contributed by atoms with van der Waals surface area (Å²) in [6, 6.07) is 4.27. The van der Waals surface area contributed by atoms with Crippen LogP contribution >= 0.6 is 0 Å². The van der Waals surface area contributed by atoms with Crippen LogP contribution < -0.4 is 19.5 Å². The molecule has 6 rings (SSSR count). The molecular weight excluding hydrogens is 765 g/mol. The summed E-state index contributed by atoms with van der Waals surface area (Å²) in [4.78, 5) is 63.3. The molecular formula is C40H53F2N5O9S. The molecule has 57 heavy (non-hydrogen) atoms. The topological polar surface area (TPSA) is 185 Å². The number of hydrogen-bond donors (Lipinski definition) is 3. The summed E-state index contributed by atoms with van der Waals surface area (Å²) in [6.45, 7) is 9.49. The minimum absolute atomic E-state index is 0.0644. The van der Waals surface area contributed by atoms with Crippen molar-refractivity contribution in [2.45, 2.75) is 127 Å². The van der Waals surface area contributed by atoms with Gasteiger partial charge in [0.15, 0.2) is 0 Å². The van der Waals surface area contributed by atoms with Crippen LogP contribution in [0.2, 0.25) is 0 Å². The average molecular weight is 818 g/mol. The minimum Gasteiger partial charge on any atom is -0.485 e. The van der Waals surface area contributed by atoms with E-state index in [1.165, 1.54) is 11.1 Å². The maximum atomic E-state index is 15.0. The molecule has 1 aromatic heterocycles. The standard InChI is InChI=1S/C40H53F2N5O9S/c1-23-11-7-8-12-25-19-40(25,36(50)45-57(53,54)39(6)15-16-39)44-33(48)29-18-26(21-46(29)35(49)32(24(2)17-23)47(37(51)52)38(3,4)5)56-34-28-14-10-9-13-27(28)30(20-43-34)55-22-31(41)42/h8-10,12-14,20,23-26,29,31-32H,7,11,15-19,21-22H2,1-6H3,(H,44,48)(H,45,50)(H,51,52)/t23-,24-,25-,26-,29+,32+,40-/m1/s1. The predicted octanol–water partition coefficient (Wildman–Crippen LogP) is 5.26. The maximum absolute atomic E-state index is 15.0. The summed E-state index contributed by atoms with van der Waals surface area (Å²) in [6.07, 6.45) is 2.76. The fourth-order valence-corrected chi connectivity index (χ4v) is 9.54. The van der Waals surface area contributed by atoms with E-state index in [4.69, 9.17) is 9.47 Å². The normalized spacial score (nSPS) is 29.0. The van der Waals surface area contributed by atoms with Crippen molar-refractivity contribution in [1.29, 1.82) is 0 Å². The van der Waals surface area contributed by atoms with Gasteiger partial charge in [-0.1, -0.05) is 44.2 Å². The Morgan fingerprint density at radius 3 is 2.46 bits per heavy atom. The Hall–Kier alpha value is -4.54. The monoisotopic (exact) mass is 817 g/mol. The molecule has 0 bridgehead atoms. The van der Waals surface area contributed by atoms with Gasteiger partial charge in [-0.2, -0.15) is 0 Å². The number of allylic oxidation sites excluding steroid dienone is 1. The molecule has 2 aliphatic heterocycles. The van der Waals surface area contributed by atoms with Gasteiger partial charge in [0.05, 0.1) is 17.5 Å². The Morgan fingerprint density at radius 2 is 1.82 bits per heavy atom. The van der Waals surface area contributed by atoms with E-state index in [0.29, 0.717) is 42.9 Å². The van der Waals surface area contributed by atoms with E-state index < -0.39 is 92.7 Å². The smallest absolute Gasteiger partial charge is 0.408 e. The molecule has 2 saturated carbocycles. The molecule has 0 spiro atoms. The van der Waals surface area contributed by atoms with Crippen molar-refractivity contribution in [3.8, 4) is 11.6 Å². The number of fused-ring (bicyclic) bond motifs is 3. The third-order valence-electron chi connectivity index (χ3n) is 11.8. The second kappa shape index (κ2) is 15.7. The molecule has 4 amide bonds. The van der Waals surface area contributed by atoms with Gasteiger partial charge in [-0.05, 0) is 84.1 Å². The van der Waals surface area contributed by atoms with Crippen molar-refractivity contribution in [2.24, 2.45) is 17.8 Å². The summed E-state index contributed by atoms with van der Waals surface area (Å²) in [7, 11) is -4.05. The Kier molecular flexibility index (Phi) is 11.6. The molecule has 312 valence electrons. The average Bonchev–Trinajstić information content (AvgIpc) is 4.00. The first kappa shape index (κ1) is 42.1. The molecule has 7 atom stereocenters. The number of sulfonamides is 1. The van der Waals surface area contributed by atoms with Gasteiger partial charge in [-0.25, -0.2) is 27.0 Å². The van der Waals surface area contributed by atoms with Crippen LogP contribution in [0, 0.1) is 17.8 Å². The van der Waals surface area contributed by atoms with Gasteiger partial charge in [0.25, 0.3) is 12.3 Å². The molecule has 14 nitrogen and oxygen atoms in total. The number of nitrogens with one attached hydrogen (secondary N) is 2. The zero-order valence-electron chi connectivity index (χ0n) is 33.2. The number of halogens is 2. The lowest BCUT2D eigenvalue weighted by Crippen LogP contribution is -2.62. The lowest BCUT2D eigenvalue weighted by Gasteiger charge is -2.43. The fraction of sp³-hybridized carbons (Fsp3) is 0.625. The van der Waals surface area contributed by atoms with Crippen LogP contribution in [-0.2, 0) is 24.4 Å². The molecule has 4 aliphatic rings. The highest BCUT2D eigenvalue weighted by atomic mass is 32.2. The van der Waals surface area contributed by atoms with Gasteiger partial charge in [0.2, 0.25) is 27.7 Å². The minimum atomic E-state index is -4.05. The SMILES string of the molecule is C[C@@H]1CCC=C[C@@H]2C[C@@]2(C(=O)NS(=O)(=O)C2(C)CC2)NC(=O)[C@@H]2C[C@@H](Oc3ncc(OCC(F)F)c4ccccc34)CN2C(=O)[C@@H](N(C(=O)O)C(C)(C)C)[C@H](C)C1. The van der Waals surface area contributed by atoms with Crippen LogP contribution in [0.15, 0.2) is 42.6 Å². The lowest BCUT2D eigenvalue weighted by atomic mass is 9.85. The number of alkyl halides is 2. The third kappa shape index (κ3) is 8.68. The predicted molar refractivity (Wildman–Crippen MR) is 206 cm³/mol. The molecule has 1 saturated heterocycles. The molecule has 2 aliphatic carbocycles. The third-order valence-corrected chi connectivity index (χ3v) is 13.9. The highest BCUT2D eigenvalue weighted by molar-refractivity contribution is 7.91. The van der Waals surface area contributed by atoms with Crippen LogP contribution in [0.1, 0.15) is 86.5 Å². The van der Waals surface area contributed by atoms with Crippen molar-refractivity contribution in [2.75, 3.05) is 13.2 Å². The Morgan fingerprint density at radius 1 is 1.14 bits per heavy atom. The number of amides is 4. The van der Waals surface area contributed by atoms with E-state index in [-0.39, 0.29) is 36.9 Å². The number of nitrogens with zero attached hydrogens (tertiary/aromatic N) is 3. The highest BCUT2D eigenvalue weighted by Crippen LogP contribution is 2.48. The van der Waals surface area contributed by atoms with Gasteiger partial charge in [-0.15, -0.1) is 0 Å². The van der Waals surface area contributed by atoms with E-state index in [9.17, 15) is 36.7 Å². The first-order chi connectivity index (χ1) is 26.7. The molecule has 2 aromatic rings. The number of carbonyl (C=O) groups is 4. The number of hydrogen-bond acceptors (Lipinski definition) is 9. The number of rotatable bonds is 9. The van der Waals surface area contributed by atoms with E-state index in [0.717, 1.165) is 4.90 Å². The van der Waals surface area contributed by atoms with E-state index in [2.05, 4.69) is 15.0 Å². The molecule has 3 heterocycles. The Labute approximate surface area is 331 Å². The summed E-state index contributed by atoms with van der Waals surface area (Å²) < 4.78 is 65.3. The van der Waals surface area contributed by atoms with E-state index in [1.807, 2.05) is 26.0 Å². The molecule has 17 heteroatoms. The maximum Gasteiger partial charge on any atom is 0.408 e. The van der Waals surface area contributed by atoms with Crippen LogP contribution in [-0.4, -0.2) is 106 Å². The fourth-order valence-electron chi connectivity index (χ4n) is 8.23. The second-order valence-corrected chi connectivity index (χ2v) is 19.6. The zero-order valence-corrected chi connectivity index (χ0v) is 34.0. The number of carboxylic acid groups (broad SMARTS) is 1. The molecule has 1 aromatic carbocycles. The lowest BCUT2D eigenvalue weighted by molar-refractivity contribution is -0.146. The number of pyridine rings is 1. The summed E-state index contributed by atoms with van der Waals surface area (Å²) in [5, 5.41) is 14.3. The largest absolute Gasteiger partial charge is 0.485 e. The molecule has 3 N–H and O–H groups in total. The summed E-state index contributed by atoms with van der Waals surface area (Å²) >= 11 is 0. The summed E-state index contributed by atoms with van der Waals surface area (Å²) in [5.74, 6) is -2.92. The Balaban J connectivity index is 1.39. The number of ether oxygens (including phenoxy) is 2. The van der Waals surface area contributed by atoms with Crippen molar-refractivity contribution >= 4 is 44.6 Å². The quantitative estimate of drug-likeness (QED) is 0.282. The van der Waals surface area contributed by atoms with Gasteiger partial charge < -0.3 is 24.8 Å². The summed E-state index contributed by atoms with van der Waals surface area (Å²) in [5.41, 5.74) is -2.63. The van der Waals surface area contributed by atoms with Gasteiger partial charge in [-0.3, -0.25) is 24.0 Å². The second-order valence-electron chi connectivity index (χ2n) is 17.4. The van der Waals surface area contributed by atoms with Crippen LogP contribution in [0.5, 0.6) is 11.6 Å². The highest BCUT2D eigenvalue weighted by Gasteiger charge is 2.63. The first-order valence-corrected chi connectivity index (χ1v) is 21.0. The van der Waals surface area contributed by atoms with Crippen molar-refractivity contribution in [1.82, 2.24) is 24.8 Å². The number of carbonyl (C=O) groups excluding carboxylic acids is 3. The van der Waals surface area contributed by atoms with Crippen LogP contribution in [0.4, 0.5) is 13.6 Å². The molecule has 0 radical (unpaired) electrons. The van der Waals surface area contributed by atoms with Crippen molar-refractivity contribution in [3.05, 3.63) is 42.6 Å². The first-order valence-electron chi connectivity index (χ1n) is 19.5. The van der Waals surface area contributed by atoms with Crippen LogP contribution in [0.25, 0.3) is 10.8 Å². The van der Waals surface area contributed by atoms with Gasteiger partial charge in [0.1, 0.15) is 36.1 Å². The van der Waals surface area contributed by atoms with E-state index in [1.54, 1.807) is 52.0 Å². The van der Waals surface area contributed by atoms with Gasteiger partial charge in [0, 0.05) is 28.7 Å². The number of aromatic nitrogens is 1. The van der Waals surface area contributed by atoms with Crippen LogP contribution in [0.3, 0.4) is 0 Å². The van der Waals surface area contributed by atoms with Crippen molar-refractivity contribution in [3.63, 3.8) is 0 Å². The van der Waals surface area contributed by atoms with Gasteiger partial charge >= 0.3 is 6.09 Å². The van der Waals surface area contributed by atoms with E-state index >= 15 is 4.79 Å². The molecule has 0 unspecified atom stereocenters. The zero-order chi connectivity index (χ0) is 41.7. The number of benzene rings is 1.